The minimum atomic E-state index is -0.449. The molecule has 0 fully saturated rings. The van der Waals surface area contributed by atoms with Gasteiger partial charge in [-0.3, -0.25) is 9.59 Å². The highest BCUT2D eigenvalue weighted by molar-refractivity contribution is 7.07. The molecule has 158 valence electrons. The fraction of sp³-hybridized carbons (Fsp3) is 0.174. The van der Waals surface area contributed by atoms with Crippen molar-refractivity contribution in [3.05, 3.63) is 99.6 Å². The monoisotopic (exact) mass is 435 g/mol. The third kappa shape index (κ3) is 4.75. The van der Waals surface area contributed by atoms with Gasteiger partial charge >= 0.3 is 5.91 Å². The van der Waals surface area contributed by atoms with Crippen LogP contribution in [0.2, 0.25) is 0 Å². The number of rotatable bonds is 6. The summed E-state index contributed by atoms with van der Waals surface area (Å²) in [5, 5.41) is 4.85. The van der Waals surface area contributed by atoms with Gasteiger partial charge < -0.3 is 18.7 Å². The van der Waals surface area contributed by atoms with Gasteiger partial charge in [0.05, 0.1) is 18.8 Å². The molecule has 1 N–H and O–H groups in total. The van der Waals surface area contributed by atoms with Gasteiger partial charge in [-0.25, -0.2) is 0 Å². The van der Waals surface area contributed by atoms with E-state index in [2.05, 4.69) is 10.3 Å². The van der Waals surface area contributed by atoms with Gasteiger partial charge in [0.25, 0.3) is 5.91 Å². The van der Waals surface area contributed by atoms with E-state index >= 15 is 0 Å². The van der Waals surface area contributed by atoms with E-state index in [4.69, 9.17) is 8.83 Å². The Hall–Kier alpha value is -3.65. The number of carbonyl (C=O) groups excluding carboxylic acids is 2. The van der Waals surface area contributed by atoms with Crippen molar-refractivity contribution in [2.24, 2.45) is 4.99 Å². The number of amides is 2. The average molecular weight is 436 g/mol. The minimum Gasteiger partial charge on any atom is -0.459 e. The van der Waals surface area contributed by atoms with Crippen molar-refractivity contribution >= 4 is 23.2 Å². The van der Waals surface area contributed by atoms with Crippen LogP contribution in [0.5, 0.6) is 0 Å². The molecule has 0 unspecified atom stereocenters. The third-order valence-electron chi connectivity index (χ3n) is 4.77. The van der Waals surface area contributed by atoms with E-state index in [9.17, 15) is 9.59 Å². The molecule has 4 rings (SSSR count). The van der Waals surface area contributed by atoms with Crippen molar-refractivity contribution in [3.63, 3.8) is 0 Å². The predicted octanol–water partition coefficient (Wildman–Crippen LogP) is 4.32. The molecule has 0 spiro atoms. The maximum absolute atomic E-state index is 12.6. The van der Waals surface area contributed by atoms with E-state index in [1.807, 2.05) is 54.1 Å². The summed E-state index contributed by atoms with van der Waals surface area (Å²) in [4.78, 5) is 29.5. The van der Waals surface area contributed by atoms with Crippen molar-refractivity contribution in [3.8, 4) is 0 Å². The standard InChI is InChI=1S/C23H21N3O4S/c1-15-14-31-23(25-21(27)19-9-6-12-29-19)26(15)13-18-10-11-20(30-18)22(28)24-16(2)17-7-4-3-5-8-17/h3-12,14,16H,13H2,1-2H3,(H,24,28)/t16-/m0/s1. The molecule has 2 amide bonds. The molecule has 31 heavy (non-hydrogen) atoms. The first kappa shape index (κ1) is 20.6. The number of nitrogens with one attached hydrogen (secondary N) is 1. The summed E-state index contributed by atoms with van der Waals surface area (Å²) >= 11 is 1.35. The maximum Gasteiger partial charge on any atom is 0.315 e. The largest absolute Gasteiger partial charge is 0.459 e. The Balaban J connectivity index is 1.49. The molecule has 0 aliphatic rings. The van der Waals surface area contributed by atoms with Crippen LogP contribution >= 0.6 is 11.3 Å². The first-order chi connectivity index (χ1) is 15.0. The van der Waals surface area contributed by atoms with Crippen molar-refractivity contribution < 1.29 is 18.4 Å². The lowest BCUT2D eigenvalue weighted by Gasteiger charge is -2.13. The topological polar surface area (TPSA) is 89.7 Å². The Bertz CT molecular complexity index is 1250. The molecule has 0 aliphatic carbocycles. The molecule has 8 heteroatoms. The second-order valence-electron chi connectivity index (χ2n) is 7.01. The highest BCUT2D eigenvalue weighted by atomic mass is 32.1. The van der Waals surface area contributed by atoms with E-state index in [0.29, 0.717) is 17.1 Å². The van der Waals surface area contributed by atoms with Crippen molar-refractivity contribution in [1.82, 2.24) is 9.88 Å². The number of hydrogen-bond donors (Lipinski definition) is 1. The Morgan fingerprint density at radius 3 is 2.65 bits per heavy atom. The Morgan fingerprint density at radius 2 is 1.90 bits per heavy atom. The number of hydrogen-bond acceptors (Lipinski definition) is 5. The summed E-state index contributed by atoms with van der Waals surface area (Å²) in [6.45, 7) is 4.19. The Labute approximate surface area is 182 Å². The zero-order chi connectivity index (χ0) is 21.8. The Morgan fingerprint density at radius 1 is 1.10 bits per heavy atom. The molecule has 3 aromatic heterocycles. The molecule has 3 heterocycles. The van der Waals surface area contributed by atoms with Gasteiger partial charge in [0, 0.05) is 11.1 Å². The third-order valence-corrected chi connectivity index (χ3v) is 5.75. The second-order valence-corrected chi connectivity index (χ2v) is 7.85. The van der Waals surface area contributed by atoms with Crippen LogP contribution in [0.25, 0.3) is 0 Å². The van der Waals surface area contributed by atoms with E-state index in [-0.39, 0.29) is 23.5 Å². The lowest BCUT2D eigenvalue weighted by Crippen LogP contribution is -2.26. The number of carbonyl (C=O) groups is 2. The highest BCUT2D eigenvalue weighted by Crippen LogP contribution is 2.15. The van der Waals surface area contributed by atoms with Crippen LogP contribution in [0.15, 0.2) is 80.1 Å². The van der Waals surface area contributed by atoms with Crippen molar-refractivity contribution in [1.29, 1.82) is 0 Å². The SMILES string of the molecule is Cc1csc(=NC(=O)c2ccco2)n1Cc1ccc(C(=O)N[C@@H](C)c2ccccc2)o1. The van der Waals surface area contributed by atoms with Gasteiger partial charge in [-0.05, 0) is 43.7 Å². The van der Waals surface area contributed by atoms with Crippen LogP contribution in [-0.4, -0.2) is 16.4 Å². The molecule has 7 nitrogen and oxygen atoms in total. The summed E-state index contributed by atoms with van der Waals surface area (Å²) in [5.74, 6) is 0.270. The van der Waals surface area contributed by atoms with Crippen molar-refractivity contribution in [2.45, 2.75) is 26.4 Å². The van der Waals surface area contributed by atoms with Crippen LogP contribution in [0.4, 0.5) is 0 Å². The van der Waals surface area contributed by atoms with Crippen LogP contribution in [0, 0.1) is 6.92 Å². The molecule has 1 aromatic carbocycles. The predicted molar refractivity (Wildman–Crippen MR) is 116 cm³/mol. The van der Waals surface area contributed by atoms with Crippen molar-refractivity contribution in [2.75, 3.05) is 0 Å². The zero-order valence-electron chi connectivity index (χ0n) is 17.1. The molecule has 0 bridgehead atoms. The van der Waals surface area contributed by atoms with Gasteiger partial charge in [0.1, 0.15) is 5.76 Å². The summed E-state index contributed by atoms with van der Waals surface area (Å²) < 4.78 is 12.7. The number of furan rings is 2. The van der Waals surface area contributed by atoms with E-state index in [1.54, 1.807) is 24.3 Å². The average Bonchev–Trinajstić information content (AvgIpc) is 3.53. The molecular weight excluding hydrogens is 414 g/mol. The molecule has 0 aliphatic heterocycles. The molecule has 1 atom stereocenters. The lowest BCUT2D eigenvalue weighted by atomic mass is 10.1. The first-order valence-corrected chi connectivity index (χ1v) is 10.6. The minimum absolute atomic E-state index is 0.145. The van der Waals surface area contributed by atoms with E-state index in [0.717, 1.165) is 11.3 Å². The lowest BCUT2D eigenvalue weighted by molar-refractivity contribution is 0.0909. The van der Waals surface area contributed by atoms with Crippen LogP contribution in [0.3, 0.4) is 0 Å². The second kappa shape index (κ2) is 9.01. The first-order valence-electron chi connectivity index (χ1n) is 9.73. The number of benzene rings is 1. The summed E-state index contributed by atoms with van der Waals surface area (Å²) in [6, 6.07) is 16.2. The van der Waals surface area contributed by atoms with Crippen LogP contribution in [0.1, 0.15) is 51.1 Å². The van der Waals surface area contributed by atoms with Gasteiger partial charge in [-0.2, -0.15) is 4.99 Å². The molecule has 0 saturated carbocycles. The molecule has 0 radical (unpaired) electrons. The fourth-order valence-corrected chi connectivity index (χ4v) is 3.95. The van der Waals surface area contributed by atoms with E-state index in [1.165, 1.54) is 17.6 Å². The smallest absolute Gasteiger partial charge is 0.315 e. The highest BCUT2D eigenvalue weighted by Gasteiger charge is 2.16. The maximum atomic E-state index is 12.6. The van der Waals surface area contributed by atoms with Gasteiger partial charge in [0.2, 0.25) is 0 Å². The number of nitrogens with zero attached hydrogens (tertiary/aromatic N) is 2. The summed E-state index contributed by atoms with van der Waals surface area (Å²) in [7, 11) is 0. The normalized spacial score (nSPS) is 12.6. The summed E-state index contributed by atoms with van der Waals surface area (Å²) in [6.07, 6.45) is 1.44. The molecule has 4 aromatic rings. The Kier molecular flexibility index (Phi) is 5.99. The number of aryl methyl sites for hydroxylation is 1. The number of thiazole rings is 1. The van der Waals surface area contributed by atoms with Gasteiger partial charge in [-0.1, -0.05) is 30.3 Å². The summed E-state index contributed by atoms with van der Waals surface area (Å²) in [5.41, 5.74) is 1.94. The van der Waals surface area contributed by atoms with Crippen LogP contribution < -0.4 is 10.1 Å². The van der Waals surface area contributed by atoms with Crippen LogP contribution in [-0.2, 0) is 6.54 Å². The molecular formula is C23H21N3O4S. The number of aromatic nitrogens is 1. The van der Waals surface area contributed by atoms with Gasteiger partial charge in [0.15, 0.2) is 16.3 Å². The quantitative estimate of drug-likeness (QED) is 0.488. The van der Waals surface area contributed by atoms with E-state index < -0.39 is 5.91 Å². The molecule has 0 saturated heterocycles. The fourth-order valence-electron chi connectivity index (χ4n) is 3.07. The zero-order valence-corrected chi connectivity index (χ0v) is 17.9. The van der Waals surface area contributed by atoms with Gasteiger partial charge in [-0.15, -0.1) is 11.3 Å².